The molecule has 0 bridgehead atoms. The van der Waals surface area contributed by atoms with Crippen LogP contribution < -0.4 is 10.1 Å². The van der Waals surface area contributed by atoms with E-state index in [-0.39, 0.29) is 36.5 Å². The van der Waals surface area contributed by atoms with Gasteiger partial charge in [0.2, 0.25) is 15.9 Å². The number of halogens is 1. The fraction of sp³-hybridized carbons (Fsp3) is 0.367. The van der Waals surface area contributed by atoms with Crippen LogP contribution in [0.25, 0.3) is 0 Å². The first-order valence-corrected chi connectivity index (χ1v) is 15.1. The van der Waals surface area contributed by atoms with E-state index in [1.807, 2.05) is 54.3 Å². The van der Waals surface area contributed by atoms with Crippen molar-refractivity contribution < 1.29 is 22.7 Å². The van der Waals surface area contributed by atoms with Gasteiger partial charge in [-0.05, 0) is 55.7 Å². The summed E-state index contributed by atoms with van der Waals surface area (Å²) in [4.78, 5) is 15.1. The zero-order chi connectivity index (χ0) is 28.3. The second-order valence-corrected chi connectivity index (χ2v) is 12.9. The Morgan fingerprint density at radius 2 is 1.85 bits per heavy atom. The molecule has 1 spiro atoms. The summed E-state index contributed by atoms with van der Waals surface area (Å²) in [5, 5.41) is 3.29. The van der Waals surface area contributed by atoms with E-state index in [0.717, 1.165) is 11.1 Å². The molecule has 3 aromatic carbocycles. The Morgan fingerprint density at radius 1 is 1.10 bits per heavy atom. The normalized spacial score (nSPS) is 21.9. The molecule has 2 heterocycles. The second-order valence-electron chi connectivity index (χ2n) is 10.6. The van der Waals surface area contributed by atoms with Gasteiger partial charge in [0.05, 0.1) is 41.8 Å². The lowest BCUT2D eigenvalue weighted by molar-refractivity contribution is -0.118. The minimum atomic E-state index is -3.77. The molecule has 10 heteroatoms. The molecule has 2 fully saturated rings. The van der Waals surface area contributed by atoms with Crippen LogP contribution in [0.1, 0.15) is 17.5 Å². The Bertz CT molecular complexity index is 1450. The molecule has 1 amide bonds. The summed E-state index contributed by atoms with van der Waals surface area (Å²) >= 11 is 6.19. The van der Waals surface area contributed by atoms with Crippen molar-refractivity contribution >= 4 is 33.2 Å². The van der Waals surface area contributed by atoms with Crippen LogP contribution in [-0.2, 0) is 26.0 Å². The summed E-state index contributed by atoms with van der Waals surface area (Å²) in [7, 11) is -2.24. The number of nitrogens with one attached hydrogen (secondary N) is 1. The molecule has 212 valence electrons. The molecule has 0 aromatic heterocycles. The number of nitrogens with zero attached hydrogens (tertiary/aromatic N) is 2. The minimum Gasteiger partial charge on any atom is -0.495 e. The maximum atomic E-state index is 13.9. The van der Waals surface area contributed by atoms with E-state index in [9.17, 15) is 13.2 Å². The summed E-state index contributed by atoms with van der Waals surface area (Å²) in [6.45, 7) is 3.69. The van der Waals surface area contributed by atoms with Crippen molar-refractivity contribution in [1.29, 1.82) is 0 Å². The number of likely N-dealkylation sites (tertiary alicyclic amines) is 1. The van der Waals surface area contributed by atoms with Gasteiger partial charge in [-0.3, -0.25) is 9.69 Å². The number of carbonyl (C=O) groups excluding carboxylic acids is 1. The van der Waals surface area contributed by atoms with Crippen LogP contribution in [0.4, 0.5) is 5.69 Å². The van der Waals surface area contributed by atoms with Crippen molar-refractivity contribution in [1.82, 2.24) is 9.21 Å². The molecule has 3 aromatic rings. The number of methoxy groups -OCH3 is 1. The zero-order valence-electron chi connectivity index (χ0n) is 22.7. The van der Waals surface area contributed by atoms with Gasteiger partial charge < -0.3 is 14.8 Å². The summed E-state index contributed by atoms with van der Waals surface area (Å²) in [5.41, 5.74) is 1.95. The standard InChI is InChI=1S/C30H34ClN3O5S/c1-22-8-11-26(12-9-22)40(36,37)34-21-30(39-19-25(34)16-23-6-4-3-5-7-23)14-15-33(20-30)18-29(35)32-24-10-13-28(38-2)27(31)17-24/h3-13,17,25H,14-16,18-21H2,1-2H3,(H,32,35)/t25-,30-/m0/s1. The lowest BCUT2D eigenvalue weighted by Crippen LogP contribution is -2.59. The number of hydrogen-bond donors (Lipinski definition) is 1. The van der Waals surface area contributed by atoms with Gasteiger partial charge >= 0.3 is 0 Å². The number of rotatable bonds is 8. The van der Waals surface area contributed by atoms with Gasteiger partial charge in [-0.25, -0.2) is 8.42 Å². The van der Waals surface area contributed by atoms with Crippen molar-refractivity contribution in [2.45, 2.75) is 36.3 Å². The highest BCUT2D eigenvalue weighted by atomic mass is 35.5. The van der Waals surface area contributed by atoms with E-state index in [2.05, 4.69) is 5.32 Å². The van der Waals surface area contributed by atoms with Crippen molar-refractivity contribution in [3.05, 3.63) is 88.9 Å². The molecular weight excluding hydrogens is 550 g/mol. The maximum Gasteiger partial charge on any atom is 0.243 e. The number of sulfonamides is 1. The van der Waals surface area contributed by atoms with Crippen LogP contribution in [-0.4, -0.2) is 75.1 Å². The van der Waals surface area contributed by atoms with Crippen LogP contribution >= 0.6 is 11.6 Å². The number of benzene rings is 3. The van der Waals surface area contributed by atoms with Crippen LogP contribution in [0, 0.1) is 6.92 Å². The number of ether oxygens (including phenoxy) is 2. The van der Waals surface area contributed by atoms with Gasteiger partial charge in [-0.2, -0.15) is 4.31 Å². The lowest BCUT2D eigenvalue weighted by atomic mass is 9.98. The second kappa shape index (κ2) is 11.9. The lowest BCUT2D eigenvalue weighted by Gasteiger charge is -2.44. The fourth-order valence-electron chi connectivity index (χ4n) is 5.45. The van der Waals surface area contributed by atoms with Crippen LogP contribution in [0.5, 0.6) is 5.75 Å². The highest BCUT2D eigenvalue weighted by molar-refractivity contribution is 7.89. The Hall–Kier alpha value is -2.95. The van der Waals surface area contributed by atoms with Gasteiger partial charge in [0.15, 0.2) is 0 Å². The third-order valence-corrected chi connectivity index (χ3v) is 9.78. The highest BCUT2D eigenvalue weighted by Gasteiger charge is 2.49. The predicted octanol–water partition coefficient (Wildman–Crippen LogP) is 4.37. The first-order valence-electron chi connectivity index (χ1n) is 13.3. The molecular formula is C30H34ClN3O5S. The first-order chi connectivity index (χ1) is 19.2. The van der Waals surface area contributed by atoms with Crippen molar-refractivity contribution in [2.75, 3.05) is 45.2 Å². The summed E-state index contributed by atoms with van der Waals surface area (Å²) in [6.07, 6.45) is 1.19. The molecule has 8 nitrogen and oxygen atoms in total. The zero-order valence-corrected chi connectivity index (χ0v) is 24.2. The average Bonchev–Trinajstić information content (AvgIpc) is 3.32. The monoisotopic (exact) mass is 583 g/mol. The first kappa shape index (κ1) is 28.6. The summed E-state index contributed by atoms with van der Waals surface area (Å²) in [5.74, 6) is 0.353. The van der Waals surface area contributed by atoms with Crippen LogP contribution in [0.3, 0.4) is 0 Å². The maximum absolute atomic E-state index is 13.9. The van der Waals surface area contributed by atoms with E-state index in [0.29, 0.717) is 42.4 Å². The van der Waals surface area contributed by atoms with E-state index in [1.54, 1.807) is 34.6 Å². The number of carbonyl (C=O) groups is 1. The smallest absolute Gasteiger partial charge is 0.243 e. The Labute approximate surface area is 240 Å². The molecule has 40 heavy (non-hydrogen) atoms. The Kier molecular flexibility index (Phi) is 8.49. The van der Waals surface area contributed by atoms with E-state index < -0.39 is 15.6 Å². The molecule has 0 radical (unpaired) electrons. The quantitative estimate of drug-likeness (QED) is 0.424. The average molecular weight is 584 g/mol. The largest absolute Gasteiger partial charge is 0.495 e. The summed E-state index contributed by atoms with van der Waals surface area (Å²) in [6, 6.07) is 21.6. The molecule has 2 aliphatic rings. The Balaban J connectivity index is 1.30. The van der Waals surface area contributed by atoms with Gasteiger partial charge in [0.1, 0.15) is 5.75 Å². The molecule has 2 atom stereocenters. The van der Waals surface area contributed by atoms with E-state index >= 15 is 0 Å². The van der Waals surface area contributed by atoms with Crippen LogP contribution in [0.15, 0.2) is 77.7 Å². The number of hydrogen-bond acceptors (Lipinski definition) is 6. The third kappa shape index (κ3) is 6.34. The van der Waals surface area contributed by atoms with Gasteiger partial charge in [0.25, 0.3) is 0 Å². The number of anilines is 1. The van der Waals surface area contributed by atoms with Crippen molar-refractivity contribution in [2.24, 2.45) is 0 Å². The SMILES string of the molecule is COc1ccc(NC(=O)CN2CC[C@]3(C2)CN(S(=O)(=O)c2ccc(C)cc2)[C@@H](Cc2ccccc2)CO3)cc1Cl. The molecule has 0 saturated carbocycles. The van der Waals surface area contributed by atoms with E-state index in [4.69, 9.17) is 21.1 Å². The van der Waals surface area contributed by atoms with Gasteiger partial charge in [-0.15, -0.1) is 0 Å². The number of aryl methyl sites for hydroxylation is 1. The Morgan fingerprint density at radius 3 is 2.55 bits per heavy atom. The molecule has 5 rings (SSSR count). The molecule has 2 aliphatic heterocycles. The van der Waals surface area contributed by atoms with Gasteiger partial charge in [0, 0.05) is 25.3 Å². The molecule has 2 saturated heterocycles. The molecule has 0 unspecified atom stereocenters. The summed E-state index contributed by atoms with van der Waals surface area (Å²) < 4.78 is 41.1. The highest BCUT2D eigenvalue weighted by Crippen LogP contribution is 2.35. The predicted molar refractivity (Wildman–Crippen MR) is 155 cm³/mol. The number of morpholine rings is 1. The topological polar surface area (TPSA) is 88.2 Å². The van der Waals surface area contributed by atoms with Crippen molar-refractivity contribution in [3.8, 4) is 5.75 Å². The molecule has 1 N–H and O–H groups in total. The van der Waals surface area contributed by atoms with E-state index in [1.165, 1.54) is 7.11 Å². The van der Waals surface area contributed by atoms with Crippen LogP contribution in [0.2, 0.25) is 5.02 Å². The fourth-order valence-corrected chi connectivity index (χ4v) is 7.39. The molecule has 0 aliphatic carbocycles. The minimum absolute atomic E-state index is 0.160. The number of amides is 1. The third-order valence-electron chi connectivity index (χ3n) is 7.57. The van der Waals surface area contributed by atoms with Crippen molar-refractivity contribution in [3.63, 3.8) is 0 Å². The van der Waals surface area contributed by atoms with Gasteiger partial charge in [-0.1, -0.05) is 59.6 Å².